The second kappa shape index (κ2) is 19.5. The summed E-state index contributed by atoms with van der Waals surface area (Å²) in [6.45, 7) is 0. The van der Waals surface area contributed by atoms with Crippen molar-refractivity contribution in [3.05, 3.63) is 91.0 Å². The van der Waals surface area contributed by atoms with E-state index in [2.05, 4.69) is 51.1 Å². The Hall–Kier alpha value is -1.50. The van der Waals surface area contributed by atoms with Gasteiger partial charge in [-0.05, 0) is 36.4 Å². The van der Waals surface area contributed by atoms with E-state index in [1.54, 1.807) is 0 Å². The van der Waals surface area contributed by atoms with E-state index < -0.39 is 0 Å². The number of halogens is 3. The van der Waals surface area contributed by atoms with Crippen LogP contribution < -0.4 is 14.7 Å². The number of hydrogen-bond donors (Lipinski definition) is 0. The summed E-state index contributed by atoms with van der Waals surface area (Å²) in [4.78, 5) is 6.25. The molecule has 168 valence electrons. The smallest absolute Gasteiger partial charge is 0.0360 e. The zero-order valence-corrected chi connectivity index (χ0v) is 23.9. The summed E-state index contributed by atoms with van der Waals surface area (Å²) in [6.07, 6.45) is 0. The summed E-state index contributed by atoms with van der Waals surface area (Å²) in [6, 6.07) is 30.8. The summed E-state index contributed by atoms with van der Waals surface area (Å²) in [5, 5.41) is 0. The van der Waals surface area contributed by atoms with Crippen molar-refractivity contribution in [1.82, 2.24) is 0 Å². The normalized spacial score (nSPS) is 8.20. The maximum atomic E-state index is 2.08. The molecule has 30 heavy (non-hydrogen) atoms. The van der Waals surface area contributed by atoms with E-state index >= 15 is 0 Å². The lowest BCUT2D eigenvalue weighted by Gasteiger charge is -2.10. The van der Waals surface area contributed by atoms with Gasteiger partial charge in [-0.3, -0.25) is 0 Å². The third-order valence-corrected chi connectivity index (χ3v) is 3.82. The predicted octanol–water partition coefficient (Wildman–Crippen LogP) is 6.99. The first-order valence-electron chi connectivity index (χ1n) is 9.09. The highest BCUT2D eigenvalue weighted by Gasteiger charge is 1.89. The highest BCUT2D eigenvalue weighted by Crippen LogP contribution is 2.08. The molecular formula is C24H36Br3N3. The Kier molecular flexibility index (Phi) is 21.5. The third-order valence-electron chi connectivity index (χ3n) is 3.82. The van der Waals surface area contributed by atoms with E-state index in [1.165, 1.54) is 17.1 Å². The molecule has 6 heteroatoms. The van der Waals surface area contributed by atoms with Crippen LogP contribution in [0.1, 0.15) is 0 Å². The number of anilines is 3. The van der Waals surface area contributed by atoms with Gasteiger partial charge < -0.3 is 14.7 Å². The van der Waals surface area contributed by atoms with Crippen LogP contribution in [-0.2, 0) is 0 Å². The molecular weight excluding hydrogens is 570 g/mol. The van der Waals surface area contributed by atoms with Crippen molar-refractivity contribution >= 4 is 68.0 Å². The molecule has 3 nitrogen and oxygen atoms in total. The molecule has 0 aliphatic rings. The largest absolute Gasteiger partial charge is 0.378 e. The fraction of sp³-hybridized carbons (Fsp3) is 0.250. The SMILES string of the molecule is Br.Br.Br.CN(C)c1ccccc1.CN(C)c1ccccc1.CN(C)c1ccccc1. The second-order valence-electron chi connectivity index (χ2n) is 6.69. The van der Waals surface area contributed by atoms with Gasteiger partial charge in [0.15, 0.2) is 0 Å². The zero-order valence-electron chi connectivity index (χ0n) is 18.7. The molecule has 0 N–H and O–H groups in total. The average molecular weight is 606 g/mol. The van der Waals surface area contributed by atoms with E-state index in [-0.39, 0.29) is 50.9 Å². The maximum absolute atomic E-state index is 2.08. The van der Waals surface area contributed by atoms with Crippen LogP contribution in [0, 0.1) is 0 Å². The van der Waals surface area contributed by atoms with Gasteiger partial charge in [-0.2, -0.15) is 0 Å². The van der Waals surface area contributed by atoms with Gasteiger partial charge in [0.2, 0.25) is 0 Å². The van der Waals surface area contributed by atoms with Crippen LogP contribution in [0.15, 0.2) is 91.0 Å². The van der Waals surface area contributed by atoms with E-state index in [0.29, 0.717) is 0 Å². The number of rotatable bonds is 3. The van der Waals surface area contributed by atoms with Crippen molar-refractivity contribution in [1.29, 1.82) is 0 Å². The Bertz CT molecular complexity index is 619. The van der Waals surface area contributed by atoms with Gasteiger partial charge in [-0.1, -0.05) is 54.6 Å². The van der Waals surface area contributed by atoms with Gasteiger partial charge in [0.05, 0.1) is 0 Å². The van der Waals surface area contributed by atoms with Crippen molar-refractivity contribution in [3.63, 3.8) is 0 Å². The molecule has 0 radical (unpaired) electrons. The molecule has 0 spiro atoms. The highest BCUT2D eigenvalue weighted by molar-refractivity contribution is 8.93. The quantitative estimate of drug-likeness (QED) is 0.319. The zero-order chi connectivity index (χ0) is 20.1. The summed E-state index contributed by atoms with van der Waals surface area (Å²) < 4.78 is 0. The molecule has 0 unspecified atom stereocenters. The maximum Gasteiger partial charge on any atom is 0.0360 e. The lowest BCUT2D eigenvalue weighted by molar-refractivity contribution is 1.13. The Morgan fingerprint density at radius 1 is 0.333 bits per heavy atom. The van der Waals surface area contributed by atoms with E-state index in [1.807, 2.05) is 96.9 Å². The molecule has 3 rings (SSSR count). The predicted molar refractivity (Wildman–Crippen MR) is 153 cm³/mol. The van der Waals surface area contributed by atoms with Crippen molar-refractivity contribution in [2.24, 2.45) is 0 Å². The van der Waals surface area contributed by atoms with Crippen LogP contribution in [0.25, 0.3) is 0 Å². The molecule has 3 aromatic rings. The summed E-state index contributed by atoms with van der Waals surface area (Å²) >= 11 is 0. The molecule has 0 saturated carbocycles. The van der Waals surface area contributed by atoms with E-state index in [4.69, 9.17) is 0 Å². The first-order chi connectivity index (χ1) is 12.9. The van der Waals surface area contributed by atoms with Crippen molar-refractivity contribution in [2.45, 2.75) is 0 Å². The highest BCUT2D eigenvalue weighted by atomic mass is 79.9. The van der Waals surface area contributed by atoms with Crippen molar-refractivity contribution < 1.29 is 0 Å². The Morgan fingerprint density at radius 2 is 0.500 bits per heavy atom. The Morgan fingerprint density at radius 3 is 0.600 bits per heavy atom. The molecule has 0 aliphatic carbocycles. The fourth-order valence-corrected chi connectivity index (χ4v) is 2.18. The number of benzene rings is 3. The molecule has 0 bridgehead atoms. The number of para-hydroxylation sites is 3. The molecule has 0 fully saturated rings. The summed E-state index contributed by atoms with van der Waals surface area (Å²) in [5.74, 6) is 0. The van der Waals surface area contributed by atoms with Gasteiger partial charge in [0.1, 0.15) is 0 Å². The van der Waals surface area contributed by atoms with Gasteiger partial charge in [-0.15, -0.1) is 50.9 Å². The molecule has 0 aliphatic heterocycles. The van der Waals surface area contributed by atoms with Gasteiger partial charge in [0.25, 0.3) is 0 Å². The van der Waals surface area contributed by atoms with Crippen molar-refractivity contribution in [2.75, 3.05) is 57.0 Å². The lowest BCUT2D eigenvalue weighted by Crippen LogP contribution is -2.07. The molecule has 0 amide bonds. The van der Waals surface area contributed by atoms with E-state index in [9.17, 15) is 0 Å². The summed E-state index contributed by atoms with van der Waals surface area (Å²) in [5.41, 5.74) is 3.74. The second-order valence-corrected chi connectivity index (χ2v) is 6.69. The van der Waals surface area contributed by atoms with Crippen LogP contribution in [0.3, 0.4) is 0 Å². The fourth-order valence-electron chi connectivity index (χ4n) is 2.18. The molecule has 3 aromatic carbocycles. The minimum Gasteiger partial charge on any atom is -0.378 e. The monoisotopic (exact) mass is 603 g/mol. The first kappa shape index (κ1) is 33.1. The Labute approximate surface area is 215 Å². The lowest BCUT2D eigenvalue weighted by atomic mass is 10.3. The van der Waals surface area contributed by atoms with Crippen LogP contribution in [-0.4, -0.2) is 42.3 Å². The van der Waals surface area contributed by atoms with Gasteiger partial charge in [-0.25, -0.2) is 0 Å². The minimum atomic E-state index is 0. The van der Waals surface area contributed by atoms with Crippen molar-refractivity contribution in [3.8, 4) is 0 Å². The number of hydrogen-bond acceptors (Lipinski definition) is 3. The topological polar surface area (TPSA) is 9.72 Å². The Balaban J connectivity index is -0.000000347. The molecule has 0 atom stereocenters. The van der Waals surface area contributed by atoms with Crippen LogP contribution in [0.4, 0.5) is 17.1 Å². The standard InChI is InChI=1S/3C8H11N.3BrH/c3*1-9(2)8-6-4-3-5-7-8;;;/h3*3-7H,1-2H3;3*1H. The van der Waals surface area contributed by atoms with Crippen LogP contribution >= 0.6 is 50.9 Å². The first-order valence-corrected chi connectivity index (χ1v) is 9.09. The van der Waals surface area contributed by atoms with E-state index in [0.717, 1.165) is 0 Å². The van der Waals surface area contributed by atoms with Crippen LogP contribution in [0.2, 0.25) is 0 Å². The number of nitrogens with zero attached hydrogens (tertiary/aromatic N) is 3. The minimum absolute atomic E-state index is 0. The average Bonchev–Trinajstić information content (AvgIpc) is 2.71. The third kappa shape index (κ3) is 14.5. The molecule has 0 saturated heterocycles. The molecule has 0 aromatic heterocycles. The molecule has 0 heterocycles. The summed E-state index contributed by atoms with van der Waals surface area (Å²) in [7, 11) is 12.2. The van der Waals surface area contributed by atoms with Gasteiger partial charge in [0, 0.05) is 59.3 Å². The van der Waals surface area contributed by atoms with Gasteiger partial charge >= 0.3 is 0 Å². The van der Waals surface area contributed by atoms with Crippen LogP contribution in [0.5, 0.6) is 0 Å².